The molecule has 1 aromatic carbocycles. The number of anilines is 3. The van der Waals surface area contributed by atoms with Crippen LogP contribution in [0.4, 0.5) is 17.5 Å². The topological polar surface area (TPSA) is 95.8 Å². The zero-order valence-corrected chi connectivity index (χ0v) is 12.1. The molecule has 0 spiro atoms. The van der Waals surface area contributed by atoms with Gasteiger partial charge in [0.15, 0.2) is 17.0 Å². The first kappa shape index (κ1) is 14.2. The van der Waals surface area contributed by atoms with Crippen molar-refractivity contribution in [1.82, 2.24) is 19.9 Å². The molecule has 0 saturated carbocycles. The van der Waals surface area contributed by atoms with E-state index in [1.165, 1.54) is 0 Å². The van der Waals surface area contributed by atoms with Crippen LogP contribution >= 0.6 is 0 Å². The van der Waals surface area contributed by atoms with Crippen LogP contribution in [0.25, 0.3) is 11.2 Å². The number of rotatable bonds is 5. The number of aromatic nitrogens is 4. The molecule has 0 radical (unpaired) electrons. The Kier molecular flexibility index (Phi) is 4.06. The number of fused-ring (bicyclic) bond motifs is 1. The normalized spacial score (nSPS) is 12.1. The second-order valence-corrected chi connectivity index (χ2v) is 4.85. The Bertz CT molecular complexity index is 762. The lowest BCUT2D eigenvalue weighted by Gasteiger charge is -2.11. The van der Waals surface area contributed by atoms with Crippen LogP contribution < -0.4 is 10.6 Å². The van der Waals surface area contributed by atoms with Crippen molar-refractivity contribution in [1.29, 1.82) is 0 Å². The van der Waals surface area contributed by atoms with E-state index in [1.807, 2.05) is 30.3 Å². The number of hydrogen-bond acceptors (Lipinski definition) is 7. The van der Waals surface area contributed by atoms with Gasteiger partial charge in [0.2, 0.25) is 5.95 Å². The number of para-hydroxylation sites is 1. The Hall–Kier alpha value is -2.80. The fourth-order valence-electron chi connectivity index (χ4n) is 1.93. The third-order valence-electron chi connectivity index (χ3n) is 2.92. The SMILES string of the molecule is CC(O)CNc1nc(Nc2ccccc2)c2nccnc2n1. The first-order chi connectivity index (χ1) is 10.7. The van der Waals surface area contributed by atoms with Gasteiger partial charge in [-0.1, -0.05) is 18.2 Å². The van der Waals surface area contributed by atoms with Gasteiger partial charge in [-0.25, -0.2) is 9.97 Å². The fourth-order valence-corrected chi connectivity index (χ4v) is 1.93. The molecule has 3 aromatic rings. The number of aliphatic hydroxyl groups is 1. The summed E-state index contributed by atoms with van der Waals surface area (Å²) < 4.78 is 0. The van der Waals surface area contributed by atoms with E-state index >= 15 is 0 Å². The zero-order valence-electron chi connectivity index (χ0n) is 12.1. The smallest absolute Gasteiger partial charge is 0.226 e. The summed E-state index contributed by atoms with van der Waals surface area (Å²) in [6.07, 6.45) is 2.69. The average Bonchev–Trinajstić information content (AvgIpc) is 2.54. The quantitative estimate of drug-likeness (QED) is 0.662. The van der Waals surface area contributed by atoms with Gasteiger partial charge in [-0.05, 0) is 19.1 Å². The maximum absolute atomic E-state index is 9.37. The Morgan fingerprint density at radius 2 is 1.86 bits per heavy atom. The van der Waals surface area contributed by atoms with E-state index in [1.54, 1.807) is 19.3 Å². The Morgan fingerprint density at radius 1 is 1.09 bits per heavy atom. The number of nitrogens with one attached hydrogen (secondary N) is 2. The molecule has 3 rings (SSSR count). The van der Waals surface area contributed by atoms with Crippen molar-refractivity contribution < 1.29 is 5.11 Å². The first-order valence-electron chi connectivity index (χ1n) is 6.95. The van der Waals surface area contributed by atoms with Crippen LogP contribution in [-0.4, -0.2) is 37.7 Å². The van der Waals surface area contributed by atoms with Crippen LogP contribution in [0, 0.1) is 0 Å². The van der Waals surface area contributed by atoms with Crippen LogP contribution in [0.5, 0.6) is 0 Å². The van der Waals surface area contributed by atoms with Gasteiger partial charge in [-0.3, -0.25) is 0 Å². The van der Waals surface area contributed by atoms with Crippen molar-refractivity contribution in [3.63, 3.8) is 0 Å². The lowest BCUT2D eigenvalue weighted by molar-refractivity contribution is 0.208. The van der Waals surface area contributed by atoms with E-state index < -0.39 is 6.10 Å². The molecule has 0 aliphatic rings. The molecule has 0 saturated heterocycles. The zero-order chi connectivity index (χ0) is 15.4. The summed E-state index contributed by atoms with van der Waals surface area (Å²) in [5.41, 5.74) is 1.98. The molecule has 2 heterocycles. The van der Waals surface area contributed by atoms with Gasteiger partial charge >= 0.3 is 0 Å². The highest BCUT2D eigenvalue weighted by atomic mass is 16.3. The van der Waals surface area contributed by atoms with Gasteiger partial charge in [0.25, 0.3) is 0 Å². The fraction of sp³-hybridized carbons (Fsp3) is 0.200. The van der Waals surface area contributed by atoms with E-state index in [2.05, 4.69) is 30.6 Å². The second-order valence-electron chi connectivity index (χ2n) is 4.85. The summed E-state index contributed by atoms with van der Waals surface area (Å²) in [4.78, 5) is 17.2. The predicted molar refractivity (Wildman–Crippen MR) is 85.0 cm³/mol. The van der Waals surface area contributed by atoms with Crippen LogP contribution in [0.15, 0.2) is 42.7 Å². The summed E-state index contributed by atoms with van der Waals surface area (Å²) in [5.74, 6) is 0.963. The number of aliphatic hydroxyl groups excluding tert-OH is 1. The van der Waals surface area contributed by atoms with Crippen LogP contribution in [-0.2, 0) is 0 Å². The predicted octanol–water partition coefficient (Wildman–Crippen LogP) is 1.96. The maximum Gasteiger partial charge on any atom is 0.226 e. The third kappa shape index (κ3) is 3.26. The summed E-state index contributed by atoms with van der Waals surface area (Å²) in [6.45, 7) is 2.05. The molecule has 3 N–H and O–H groups in total. The number of hydrogen-bond donors (Lipinski definition) is 3. The summed E-state index contributed by atoms with van der Waals surface area (Å²) in [7, 11) is 0. The first-order valence-corrected chi connectivity index (χ1v) is 6.95. The Morgan fingerprint density at radius 3 is 2.64 bits per heavy atom. The van der Waals surface area contributed by atoms with Crippen LogP contribution in [0.1, 0.15) is 6.92 Å². The van der Waals surface area contributed by atoms with E-state index in [4.69, 9.17) is 0 Å². The van der Waals surface area contributed by atoms with Gasteiger partial charge in [-0.2, -0.15) is 9.97 Å². The van der Waals surface area contributed by atoms with E-state index in [0.717, 1.165) is 5.69 Å². The second kappa shape index (κ2) is 6.31. The lowest BCUT2D eigenvalue weighted by Crippen LogP contribution is -2.17. The third-order valence-corrected chi connectivity index (χ3v) is 2.92. The molecule has 0 aliphatic carbocycles. The molecule has 2 aromatic heterocycles. The molecule has 7 nitrogen and oxygen atoms in total. The molecule has 7 heteroatoms. The van der Waals surface area contributed by atoms with Crippen molar-refractivity contribution in [2.45, 2.75) is 13.0 Å². The van der Waals surface area contributed by atoms with Crippen LogP contribution in [0.3, 0.4) is 0 Å². The van der Waals surface area contributed by atoms with E-state index in [9.17, 15) is 5.11 Å². The molecule has 0 fully saturated rings. The monoisotopic (exact) mass is 296 g/mol. The molecular weight excluding hydrogens is 280 g/mol. The maximum atomic E-state index is 9.37. The molecule has 0 aliphatic heterocycles. The largest absolute Gasteiger partial charge is 0.392 e. The van der Waals surface area contributed by atoms with Gasteiger partial charge in [-0.15, -0.1) is 0 Å². The highest BCUT2D eigenvalue weighted by molar-refractivity contribution is 5.85. The van der Waals surface area contributed by atoms with Crippen molar-refractivity contribution in [3.05, 3.63) is 42.7 Å². The Balaban J connectivity index is 1.98. The average molecular weight is 296 g/mol. The van der Waals surface area contributed by atoms with Crippen molar-refractivity contribution in [3.8, 4) is 0 Å². The number of benzene rings is 1. The summed E-state index contributed by atoms with van der Waals surface area (Å²) in [5, 5.41) is 15.6. The number of nitrogens with zero attached hydrogens (tertiary/aromatic N) is 4. The molecule has 0 bridgehead atoms. The molecule has 1 atom stereocenters. The summed E-state index contributed by atoms with van der Waals surface area (Å²) in [6, 6.07) is 9.69. The van der Waals surface area contributed by atoms with E-state index in [0.29, 0.717) is 29.5 Å². The van der Waals surface area contributed by atoms with Gasteiger partial charge in [0.05, 0.1) is 6.10 Å². The molecule has 1 unspecified atom stereocenters. The molecule has 22 heavy (non-hydrogen) atoms. The highest BCUT2D eigenvalue weighted by Gasteiger charge is 2.10. The van der Waals surface area contributed by atoms with Crippen LogP contribution in [0.2, 0.25) is 0 Å². The molecule has 112 valence electrons. The highest BCUT2D eigenvalue weighted by Crippen LogP contribution is 2.22. The minimum absolute atomic E-state index is 0.358. The van der Waals surface area contributed by atoms with Crippen molar-refractivity contribution >= 4 is 28.6 Å². The van der Waals surface area contributed by atoms with E-state index in [-0.39, 0.29) is 0 Å². The van der Waals surface area contributed by atoms with Gasteiger partial charge in [0, 0.05) is 24.6 Å². The summed E-state index contributed by atoms with van der Waals surface area (Å²) >= 11 is 0. The lowest BCUT2D eigenvalue weighted by atomic mass is 10.3. The minimum Gasteiger partial charge on any atom is -0.392 e. The van der Waals surface area contributed by atoms with Gasteiger partial charge in [0.1, 0.15) is 0 Å². The van der Waals surface area contributed by atoms with Crippen molar-refractivity contribution in [2.24, 2.45) is 0 Å². The molecule has 0 amide bonds. The van der Waals surface area contributed by atoms with Crippen molar-refractivity contribution in [2.75, 3.05) is 17.2 Å². The Labute approximate surface area is 127 Å². The minimum atomic E-state index is -0.494. The van der Waals surface area contributed by atoms with Gasteiger partial charge < -0.3 is 15.7 Å². The molecular formula is C15H16N6O. The standard InChI is InChI=1S/C15H16N6O/c1-10(22)9-18-15-20-13-12(16-7-8-17-13)14(21-15)19-11-5-3-2-4-6-11/h2-8,10,22H,9H2,1H3,(H2,17,18,19,20,21).